The molecule has 62 valence electrons. The molecule has 0 aromatic heterocycles. The Balaban J connectivity index is 0.000000218. The van der Waals surface area contributed by atoms with E-state index >= 15 is 0 Å². The number of allylic oxidation sites excluding steroid dienone is 4. The Morgan fingerprint density at radius 2 is 2.09 bits per heavy atom. The molecule has 0 bridgehead atoms. The van der Waals surface area contributed by atoms with Crippen LogP contribution in [0.1, 0.15) is 20.3 Å². The van der Waals surface area contributed by atoms with Crippen molar-refractivity contribution in [3.05, 3.63) is 24.3 Å². The van der Waals surface area contributed by atoms with Gasteiger partial charge >= 0.3 is 0 Å². The van der Waals surface area contributed by atoms with Crippen LogP contribution in [0.15, 0.2) is 24.3 Å². The predicted molar refractivity (Wildman–Crippen MR) is 45.4 cm³/mol. The second kappa shape index (κ2) is 5.71. The molecule has 1 N–H and O–H groups in total. The minimum atomic E-state index is -0.833. The average Bonchev–Trinajstić information content (AvgIpc) is 1.87. The fraction of sp³-hybridized carbons (Fsp3) is 0.444. The van der Waals surface area contributed by atoms with E-state index in [1.807, 2.05) is 0 Å². The first-order valence-corrected chi connectivity index (χ1v) is 3.65. The molecule has 1 rings (SSSR count). The monoisotopic (exact) mass is 154 g/mol. The lowest BCUT2D eigenvalue weighted by Gasteiger charge is -2.02. The molecule has 0 fully saturated rings. The van der Waals surface area contributed by atoms with Crippen molar-refractivity contribution in [1.82, 2.24) is 0 Å². The van der Waals surface area contributed by atoms with Crippen molar-refractivity contribution in [2.75, 3.05) is 0 Å². The molecule has 0 spiro atoms. The lowest BCUT2D eigenvalue weighted by Crippen LogP contribution is -1.87. The van der Waals surface area contributed by atoms with Gasteiger partial charge in [-0.15, -0.1) is 0 Å². The topological polar surface area (TPSA) is 37.3 Å². The van der Waals surface area contributed by atoms with Gasteiger partial charge in [-0.3, -0.25) is 4.79 Å². The summed E-state index contributed by atoms with van der Waals surface area (Å²) >= 11 is 0. The first-order chi connectivity index (χ1) is 5.13. The smallest absolute Gasteiger partial charge is 0.300 e. The number of hydrogen-bond acceptors (Lipinski definition) is 1. The third kappa shape index (κ3) is 8.95. The van der Waals surface area contributed by atoms with Gasteiger partial charge in [0, 0.05) is 6.92 Å². The van der Waals surface area contributed by atoms with E-state index in [1.165, 1.54) is 6.42 Å². The van der Waals surface area contributed by atoms with Gasteiger partial charge in [-0.1, -0.05) is 31.2 Å². The SMILES string of the molecule is CC(=O)O.CC1C=CC=CC1. The molecule has 0 radical (unpaired) electrons. The van der Waals surface area contributed by atoms with E-state index in [2.05, 4.69) is 31.2 Å². The van der Waals surface area contributed by atoms with Gasteiger partial charge in [-0.2, -0.15) is 0 Å². The summed E-state index contributed by atoms with van der Waals surface area (Å²) in [7, 11) is 0. The normalized spacial score (nSPS) is 20.4. The first-order valence-electron chi connectivity index (χ1n) is 3.65. The molecule has 0 aromatic rings. The lowest BCUT2D eigenvalue weighted by molar-refractivity contribution is -0.134. The Morgan fingerprint density at radius 3 is 2.27 bits per heavy atom. The molecule has 0 aromatic carbocycles. The van der Waals surface area contributed by atoms with Gasteiger partial charge in [0.15, 0.2) is 0 Å². The van der Waals surface area contributed by atoms with Crippen LogP contribution >= 0.6 is 0 Å². The summed E-state index contributed by atoms with van der Waals surface area (Å²) in [5, 5.41) is 7.42. The molecule has 2 nitrogen and oxygen atoms in total. The molecule has 0 aliphatic heterocycles. The maximum Gasteiger partial charge on any atom is 0.300 e. The second-order valence-electron chi connectivity index (χ2n) is 2.55. The highest BCUT2D eigenvalue weighted by Gasteiger charge is 1.93. The van der Waals surface area contributed by atoms with Crippen LogP contribution in [0.2, 0.25) is 0 Å². The summed E-state index contributed by atoms with van der Waals surface area (Å²) in [6, 6.07) is 0. The van der Waals surface area contributed by atoms with Crippen LogP contribution in [0.5, 0.6) is 0 Å². The third-order valence-corrected chi connectivity index (χ3v) is 1.19. The fourth-order valence-corrected chi connectivity index (χ4v) is 0.704. The molecule has 0 heterocycles. The van der Waals surface area contributed by atoms with Crippen LogP contribution in [0.4, 0.5) is 0 Å². The predicted octanol–water partition coefficient (Wildman–Crippen LogP) is 2.23. The van der Waals surface area contributed by atoms with Crippen LogP contribution in [0.25, 0.3) is 0 Å². The Kier molecular flexibility index (Phi) is 5.17. The highest BCUT2D eigenvalue weighted by Crippen LogP contribution is 2.08. The van der Waals surface area contributed by atoms with E-state index in [0.717, 1.165) is 12.8 Å². The molecule has 1 atom stereocenters. The van der Waals surface area contributed by atoms with Gasteiger partial charge in [-0.25, -0.2) is 0 Å². The van der Waals surface area contributed by atoms with Crippen molar-refractivity contribution in [3.63, 3.8) is 0 Å². The van der Waals surface area contributed by atoms with E-state index in [-0.39, 0.29) is 0 Å². The van der Waals surface area contributed by atoms with Crippen LogP contribution < -0.4 is 0 Å². The number of hydrogen-bond donors (Lipinski definition) is 1. The van der Waals surface area contributed by atoms with Gasteiger partial charge in [-0.05, 0) is 12.3 Å². The molecule has 0 amide bonds. The fourth-order valence-electron chi connectivity index (χ4n) is 0.704. The largest absolute Gasteiger partial charge is 0.481 e. The number of rotatable bonds is 0. The summed E-state index contributed by atoms with van der Waals surface area (Å²) in [4.78, 5) is 9.00. The van der Waals surface area contributed by atoms with E-state index in [9.17, 15) is 0 Å². The van der Waals surface area contributed by atoms with Crippen molar-refractivity contribution in [3.8, 4) is 0 Å². The summed E-state index contributed by atoms with van der Waals surface area (Å²) in [6.07, 6.45) is 9.84. The van der Waals surface area contributed by atoms with Gasteiger partial charge in [0.1, 0.15) is 0 Å². The van der Waals surface area contributed by atoms with Crippen LogP contribution in [0, 0.1) is 5.92 Å². The number of aliphatic carboxylic acids is 1. The number of carbonyl (C=O) groups is 1. The zero-order valence-corrected chi connectivity index (χ0v) is 6.95. The minimum absolute atomic E-state index is 0.769. The van der Waals surface area contributed by atoms with Crippen molar-refractivity contribution in [2.45, 2.75) is 20.3 Å². The number of carboxylic acids is 1. The maximum absolute atomic E-state index is 9.00. The Hall–Kier alpha value is -1.05. The zero-order valence-electron chi connectivity index (χ0n) is 6.95. The maximum atomic E-state index is 9.00. The van der Waals surface area contributed by atoms with Crippen molar-refractivity contribution in [1.29, 1.82) is 0 Å². The lowest BCUT2D eigenvalue weighted by atomic mass is 10.0. The van der Waals surface area contributed by atoms with Crippen LogP contribution in [0.3, 0.4) is 0 Å². The second-order valence-corrected chi connectivity index (χ2v) is 2.55. The minimum Gasteiger partial charge on any atom is -0.481 e. The Bertz CT molecular complexity index is 164. The summed E-state index contributed by atoms with van der Waals surface area (Å²) in [5.41, 5.74) is 0. The van der Waals surface area contributed by atoms with Gasteiger partial charge < -0.3 is 5.11 Å². The summed E-state index contributed by atoms with van der Waals surface area (Å²) in [5.74, 6) is -0.0648. The van der Waals surface area contributed by atoms with E-state index in [1.54, 1.807) is 0 Å². The quantitative estimate of drug-likeness (QED) is 0.581. The van der Waals surface area contributed by atoms with Crippen LogP contribution in [-0.2, 0) is 4.79 Å². The summed E-state index contributed by atoms with van der Waals surface area (Å²) in [6.45, 7) is 3.31. The Labute approximate surface area is 67.2 Å². The van der Waals surface area contributed by atoms with Gasteiger partial charge in [0.25, 0.3) is 5.97 Å². The zero-order chi connectivity index (χ0) is 8.69. The van der Waals surface area contributed by atoms with Crippen molar-refractivity contribution in [2.24, 2.45) is 5.92 Å². The highest BCUT2D eigenvalue weighted by atomic mass is 16.4. The van der Waals surface area contributed by atoms with Crippen LogP contribution in [-0.4, -0.2) is 11.1 Å². The van der Waals surface area contributed by atoms with E-state index < -0.39 is 5.97 Å². The Morgan fingerprint density at radius 1 is 1.55 bits per heavy atom. The van der Waals surface area contributed by atoms with E-state index in [0.29, 0.717) is 0 Å². The molecule has 1 aliphatic rings. The van der Waals surface area contributed by atoms with Crippen molar-refractivity contribution >= 4 is 5.97 Å². The highest BCUT2D eigenvalue weighted by molar-refractivity contribution is 5.62. The third-order valence-electron chi connectivity index (χ3n) is 1.19. The number of carboxylic acid groups (broad SMARTS) is 1. The molecular weight excluding hydrogens is 140 g/mol. The molecule has 11 heavy (non-hydrogen) atoms. The summed E-state index contributed by atoms with van der Waals surface area (Å²) < 4.78 is 0. The standard InChI is InChI=1S/C7H10.C2H4O2/c1-7-5-3-2-4-6-7;1-2(3)4/h2-5,7H,6H2,1H3;1H3,(H,3,4). The molecular formula is C9H14O2. The van der Waals surface area contributed by atoms with Gasteiger partial charge in [0.05, 0.1) is 0 Å². The van der Waals surface area contributed by atoms with E-state index in [4.69, 9.17) is 9.90 Å². The average molecular weight is 154 g/mol. The molecule has 0 saturated heterocycles. The molecule has 0 saturated carbocycles. The molecule has 1 unspecified atom stereocenters. The van der Waals surface area contributed by atoms with Gasteiger partial charge in [0.2, 0.25) is 0 Å². The first kappa shape index (κ1) is 9.95. The molecule has 2 heteroatoms. The van der Waals surface area contributed by atoms with Crippen molar-refractivity contribution < 1.29 is 9.90 Å². The molecule has 1 aliphatic carbocycles.